The number of amides is 1. The maximum atomic E-state index is 13.5. The number of fused-ring (bicyclic) bond motifs is 3. The molecule has 0 saturated carbocycles. The van der Waals surface area contributed by atoms with Crippen molar-refractivity contribution in [2.45, 2.75) is 76.4 Å². The second kappa shape index (κ2) is 11.0. The first kappa shape index (κ1) is 24.3. The van der Waals surface area contributed by atoms with E-state index in [9.17, 15) is 14.4 Å². The van der Waals surface area contributed by atoms with E-state index in [1.54, 1.807) is 15.9 Å². The van der Waals surface area contributed by atoms with Crippen molar-refractivity contribution in [2.75, 3.05) is 26.0 Å². The minimum Gasteiger partial charge on any atom is -0.469 e. The Balaban J connectivity index is 1.51. The zero-order valence-corrected chi connectivity index (χ0v) is 21.2. The summed E-state index contributed by atoms with van der Waals surface area (Å²) in [4.78, 5) is 47.0. The van der Waals surface area contributed by atoms with Gasteiger partial charge in [0.25, 0.3) is 5.56 Å². The normalized spacial score (nSPS) is 16.7. The van der Waals surface area contributed by atoms with Crippen molar-refractivity contribution in [3.8, 4) is 0 Å². The van der Waals surface area contributed by atoms with Gasteiger partial charge in [-0.2, -0.15) is 0 Å². The Morgan fingerprint density at radius 3 is 2.67 bits per heavy atom. The Morgan fingerprint density at radius 1 is 1.18 bits per heavy atom. The molecule has 2 aliphatic rings. The van der Waals surface area contributed by atoms with E-state index in [-0.39, 0.29) is 29.1 Å². The molecule has 0 bridgehead atoms. The topological polar surface area (TPSA) is 81.5 Å². The summed E-state index contributed by atoms with van der Waals surface area (Å²) in [6, 6.07) is 0. The lowest BCUT2D eigenvalue weighted by Gasteiger charge is -2.30. The second-order valence-electron chi connectivity index (χ2n) is 8.92. The second-order valence-corrected chi connectivity index (χ2v) is 10.9. The average molecular weight is 492 g/mol. The van der Waals surface area contributed by atoms with Crippen LogP contribution in [0.25, 0.3) is 10.2 Å². The molecule has 0 unspecified atom stereocenters. The largest absolute Gasteiger partial charge is 0.469 e. The number of hydrogen-bond acceptors (Lipinski definition) is 7. The molecule has 2 aromatic heterocycles. The van der Waals surface area contributed by atoms with Crippen LogP contribution in [0, 0.1) is 5.92 Å². The summed E-state index contributed by atoms with van der Waals surface area (Å²) < 4.78 is 6.64. The molecular weight excluding hydrogens is 458 g/mol. The number of unbranched alkanes of at least 4 members (excludes halogenated alkanes) is 2. The number of aromatic nitrogens is 2. The number of rotatable bonds is 8. The summed E-state index contributed by atoms with van der Waals surface area (Å²) in [5, 5.41) is 1.46. The molecule has 1 aliphatic heterocycles. The molecule has 0 spiro atoms. The summed E-state index contributed by atoms with van der Waals surface area (Å²) in [7, 11) is 1.41. The number of esters is 1. The van der Waals surface area contributed by atoms with Crippen LogP contribution in [0.4, 0.5) is 0 Å². The smallest absolute Gasteiger partial charge is 0.308 e. The van der Waals surface area contributed by atoms with Crippen molar-refractivity contribution in [1.82, 2.24) is 14.5 Å². The first-order chi connectivity index (χ1) is 16.0. The third-order valence-corrected chi connectivity index (χ3v) is 8.88. The van der Waals surface area contributed by atoms with Crippen molar-refractivity contribution < 1.29 is 14.3 Å². The van der Waals surface area contributed by atoms with Crippen LogP contribution in [0.1, 0.15) is 62.3 Å². The summed E-state index contributed by atoms with van der Waals surface area (Å²) in [6.45, 7) is 3.91. The van der Waals surface area contributed by atoms with Gasteiger partial charge in [-0.1, -0.05) is 31.5 Å². The number of carbonyl (C=O) groups excluding carboxylic acids is 2. The Hall–Kier alpha value is -1.87. The number of methoxy groups -OCH3 is 1. The molecule has 1 aliphatic carbocycles. The molecule has 0 atom stereocenters. The van der Waals surface area contributed by atoms with Gasteiger partial charge in [0.05, 0.1) is 24.2 Å². The van der Waals surface area contributed by atoms with E-state index in [0.717, 1.165) is 48.7 Å². The van der Waals surface area contributed by atoms with Gasteiger partial charge in [-0.15, -0.1) is 11.3 Å². The van der Waals surface area contributed by atoms with E-state index >= 15 is 0 Å². The predicted octanol–water partition coefficient (Wildman–Crippen LogP) is 4.03. The van der Waals surface area contributed by atoms with Crippen LogP contribution in [-0.4, -0.2) is 52.3 Å². The van der Waals surface area contributed by atoms with Gasteiger partial charge >= 0.3 is 5.97 Å². The van der Waals surface area contributed by atoms with Crippen LogP contribution in [-0.2, 0) is 33.7 Å². The van der Waals surface area contributed by atoms with Crippen molar-refractivity contribution in [3.63, 3.8) is 0 Å². The van der Waals surface area contributed by atoms with E-state index < -0.39 is 0 Å². The van der Waals surface area contributed by atoms with Gasteiger partial charge in [-0.05, 0) is 50.5 Å². The highest BCUT2D eigenvalue weighted by Gasteiger charge is 2.28. The minimum atomic E-state index is -0.191. The van der Waals surface area contributed by atoms with E-state index in [4.69, 9.17) is 9.72 Å². The van der Waals surface area contributed by atoms with Gasteiger partial charge in [0, 0.05) is 24.5 Å². The van der Waals surface area contributed by atoms with E-state index in [0.29, 0.717) is 37.6 Å². The number of thioether (sulfide) groups is 1. The van der Waals surface area contributed by atoms with Crippen molar-refractivity contribution in [1.29, 1.82) is 0 Å². The Bertz CT molecular complexity index is 1070. The van der Waals surface area contributed by atoms with Gasteiger partial charge < -0.3 is 9.64 Å². The molecule has 7 nitrogen and oxygen atoms in total. The minimum absolute atomic E-state index is 0.0308. The first-order valence-corrected chi connectivity index (χ1v) is 13.9. The number of aryl methyl sites for hydroxylation is 2. The fourth-order valence-electron chi connectivity index (χ4n) is 4.80. The molecular formula is C24H33N3O4S2. The molecule has 1 fully saturated rings. The van der Waals surface area contributed by atoms with Gasteiger partial charge in [0.1, 0.15) is 4.83 Å². The molecule has 9 heteroatoms. The monoisotopic (exact) mass is 491 g/mol. The molecule has 4 rings (SSSR count). The number of hydrogen-bond donors (Lipinski definition) is 0. The Morgan fingerprint density at radius 2 is 1.94 bits per heavy atom. The van der Waals surface area contributed by atoms with E-state index in [1.165, 1.54) is 35.7 Å². The molecule has 0 aromatic carbocycles. The molecule has 2 aromatic rings. The van der Waals surface area contributed by atoms with Crippen molar-refractivity contribution in [2.24, 2.45) is 5.92 Å². The lowest BCUT2D eigenvalue weighted by atomic mass is 9.97. The van der Waals surface area contributed by atoms with Crippen LogP contribution in [0.15, 0.2) is 9.95 Å². The third kappa shape index (κ3) is 5.29. The molecule has 33 heavy (non-hydrogen) atoms. The molecule has 0 radical (unpaired) electrons. The standard InChI is InChI=1S/C24H33N3O4S2/c1-3-4-7-12-27-22(29)20-17-8-5-6-9-18(17)33-21(20)25-24(27)32-15-19(28)26-13-10-16(11-14-26)23(30)31-2/h16H,3-15H2,1-2H3. The number of thiophene rings is 1. The highest BCUT2D eigenvalue weighted by Crippen LogP contribution is 2.35. The van der Waals surface area contributed by atoms with Gasteiger partial charge in [-0.3, -0.25) is 19.0 Å². The number of ether oxygens (including phenoxy) is 1. The van der Waals surface area contributed by atoms with Gasteiger partial charge in [0.2, 0.25) is 5.91 Å². The Kier molecular flexibility index (Phi) is 8.11. The predicted molar refractivity (Wildman–Crippen MR) is 132 cm³/mol. The van der Waals surface area contributed by atoms with E-state index in [1.807, 2.05) is 4.90 Å². The van der Waals surface area contributed by atoms with Crippen LogP contribution < -0.4 is 5.56 Å². The van der Waals surface area contributed by atoms with Crippen molar-refractivity contribution >= 4 is 45.2 Å². The summed E-state index contributed by atoms with van der Waals surface area (Å²) in [5.41, 5.74) is 1.27. The zero-order valence-electron chi connectivity index (χ0n) is 19.6. The van der Waals surface area contributed by atoms with Crippen molar-refractivity contribution in [3.05, 3.63) is 20.8 Å². The highest BCUT2D eigenvalue weighted by atomic mass is 32.2. The lowest BCUT2D eigenvalue weighted by Crippen LogP contribution is -2.41. The maximum absolute atomic E-state index is 13.5. The summed E-state index contributed by atoms with van der Waals surface area (Å²) in [6.07, 6.45) is 8.65. The molecule has 1 saturated heterocycles. The SMILES string of the molecule is CCCCCn1c(SCC(=O)N2CCC(C(=O)OC)CC2)nc2sc3c(c2c1=O)CCCC3. The van der Waals surface area contributed by atoms with Gasteiger partial charge in [0.15, 0.2) is 5.16 Å². The third-order valence-electron chi connectivity index (χ3n) is 6.73. The molecule has 1 amide bonds. The number of nitrogens with zero attached hydrogens (tertiary/aromatic N) is 3. The van der Waals surface area contributed by atoms with Crippen LogP contribution >= 0.6 is 23.1 Å². The quantitative estimate of drug-likeness (QED) is 0.240. The van der Waals surface area contributed by atoms with Crippen LogP contribution in [0.2, 0.25) is 0 Å². The highest BCUT2D eigenvalue weighted by molar-refractivity contribution is 7.99. The zero-order chi connectivity index (χ0) is 23.4. The van der Waals surface area contributed by atoms with Gasteiger partial charge in [-0.25, -0.2) is 4.98 Å². The maximum Gasteiger partial charge on any atom is 0.308 e. The summed E-state index contributed by atoms with van der Waals surface area (Å²) in [5.74, 6) is -0.0315. The molecule has 3 heterocycles. The number of carbonyl (C=O) groups is 2. The van der Waals surface area contributed by atoms with Crippen LogP contribution in [0.5, 0.6) is 0 Å². The number of piperidine rings is 1. The molecule has 0 N–H and O–H groups in total. The number of likely N-dealkylation sites (tertiary alicyclic amines) is 1. The lowest BCUT2D eigenvalue weighted by molar-refractivity contribution is -0.148. The summed E-state index contributed by atoms with van der Waals surface area (Å²) >= 11 is 3.02. The average Bonchev–Trinajstić information content (AvgIpc) is 3.22. The fourth-order valence-corrected chi connectivity index (χ4v) is 7.03. The Labute approximate surface area is 202 Å². The van der Waals surface area contributed by atoms with E-state index in [2.05, 4.69) is 6.92 Å². The molecule has 180 valence electrons. The van der Waals surface area contributed by atoms with Crippen LogP contribution in [0.3, 0.4) is 0 Å². The fraction of sp³-hybridized carbons (Fsp3) is 0.667. The first-order valence-electron chi connectivity index (χ1n) is 12.1.